The molecule has 1 aromatic carbocycles. The topological polar surface area (TPSA) is 43.4 Å². The first-order valence-electron chi connectivity index (χ1n) is 4.33. The van der Waals surface area contributed by atoms with Crippen molar-refractivity contribution in [1.29, 1.82) is 0 Å². The summed E-state index contributed by atoms with van der Waals surface area (Å²) in [5.41, 5.74) is -0.0371. The maximum absolute atomic E-state index is 11.6. The quantitative estimate of drug-likeness (QED) is 0.485. The summed E-state index contributed by atoms with van der Waals surface area (Å²) in [5, 5.41) is 0.217. The Morgan fingerprint density at radius 1 is 1.31 bits per heavy atom. The van der Waals surface area contributed by atoms with Gasteiger partial charge >= 0.3 is 5.97 Å². The van der Waals surface area contributed by atoms with Gasteiger partial charge in [-0.3, -0.25) is 4.79 Å². The number of hydrogen-bond donors (Lipinski definition) is 0. The van der Waals surface area contributed by atoms with E-state index in [4.69, 9.17) is 23.2 Å². The minimum absolute atomic E-state index is 0.0371. The molecule has 0 saturated carbocycles. The van der Waals surface area contributed by atoms with Crippen molar-refractivity contribution in [2.45, 2.75) is 6.92 Å². The minimum atomic E-state index is -0.964. The normalized spacial score (nSPS) is 10.0. The van der Waals surface area contributed by atoms with Crippen molar-refractivity contribution in [3.8, 4) is 0 Å². The predicted molar refractivity (Wildman–Crippen MR) is 65.1 cm³/mol. The van der Waals surface area contributed by atoms with E-state index in [1.807, 2.05) is 0 Å². The molecule has 0 saturated heterocycles. The SMILES string of the molecule is CCOC(=O)C(=O)c1c(Cl)cc(Br)cc1Cl. The van der Waals surface area contributed by atoms with Gasteiger partial charge < -0.3 is 4.74 Å². The van der Waals surface area contributed by atoms with Crippen LogP contribution in [0.15, 0.2) is 16.6 Å². The van der Waals surface area contributed by atoms with Gasteiger partial charge in [-0.25, -0.2) is 4.79 Å². The lowest BCUT2D eigenvalue weighted by molar-refractivity contribution is -0.137. The van der Waals surface area contributed by atoms with E-state index in [1.54, 1.807) is 6.92 Å². The van der Waals surface area contributed by atoms with Gasteiger partial charge in [-0.1, -0.05) is 39.1 Å². The fourth-order valence-electron chi connectivity index (χ4n) is 1.06. The number of carbonyl (C=O) groups excluding carboxylic acids is 2. The number of benzene rings is 1. The molecule has 3 nitrogen and oxygen atoms in total. The second-order valence-corrected chi connectivity index (χ2v) is 4.52. The number of carbonyl (C=O) groups is 2. The summed E-state index contributed by atoms with van der Waals surface area (Å²) >= 11 is 14.8. The van der Waals surface area contributed by atoms with Gasteiger partial charge in [0, 0.05) is 4.47 Å². The van der Waals surface area contributed by atoms with E-state index in [-0.39, 0.29) is 22.2 Å². The molecule has 0 aromatic heterocycles. The lowest BCUT2D eigenvalue weighted by atomic mass is 10.1. The van der Waals surface area contributed by atoms with Crippen LogP contribution in [0.3, 0.4) is 0 Å². The highest BCUT2D eigenvalue weighted by Gasteiger charge is 2.23. The molecule has 86 valence electrons. The Kier molecular flexibility index (Phi) is 4.77. The number of halogens is 3. The molecule has 0 atom stereocenters. The smallest absolute Gasteiger partial charge is 0.379 e. The first kappa shape index (κ1) is 13.5. The van der Waals surface area contributed by atoms with Crippen molar-refractivity contribution in [2.24, 2.45) is 0 Å². The average molecular weight is 326 g/mol. The van der Waals surface area contributed by atoms with Crippen LogP contribution in [0.1, 0.15) is 17.3 Å². The van der Waals surface area contributed by atoms with Crippen LogP contribution in [0.4, 0.5) is 0 Å². The average Bonchev–Trinajstić information content (AvgIpc) is 2.16. The molecule has 0 heterocycles. The Hall–Kier alpha value is -0.580. The number of esters is 1. The zero-order valence-corrected chi connectivity index (χ0v) is 11.3. The summed E-state index contributed by atoms with van der Waals surface area (Å²) in [7, 11) is 0. The third-order valence-electron chi connectivity index (χ3n) is 1.69. The van der Waals surface area contributed by atoms with Crippen LogP contribution in [0.5, 0.6) is 0 Å². The monoisotopic (exact) mass is 324 g/mol. The van der Waals surface area contributed by atoms with E-state index in [2.05, 4.69) is 20.7 Å². The Morgan fingerprint density at radius 2 is 1.81 bits per heavy atom. The molecule has 0 radical (unpaired) electrons. The lowest BCUT2D eigenvalue weighted by Crippen LogP contribution is -2.18. The summed E-state index contributed by atoms with van der Waals surface area (Å²) in [6, 6.07) is 2.97. The second kappa shape index (κ2) is 5.66. The van der Waals surface area contributed by atoms with Gasteiger partial charge in [0.1, 0.15) is 0 Å². The molecular formula is C10H7BrCl2O3. The number of rotatable bonds is 3. The molecule has 0 N–H and O–H groups in total. The van der Waals surface area contributed by atoms with E-state index in [0.717, 1.165) is 0 Å². The van der Waals surface area contributed by atoms with E-state index in [1.165, 1.54) is 12.1 Å². The first-order chi connectivity index (χ1) is 7.47. The molecule has 0 aliphatic rings. The highest BCUT2D eigenvalue weighted by atomic mass is 79.9. The Morgan fingerprint density at radius 3 is 2.25 bits per heavy atom. The fourth-order valence-corrected chi connectivity index (χ4v) is 2.44. The van der Waals surface area contributed by atoms with E-state index in [0.29, 0.717) is 4.47 Å². The van der Waals surface area contributed by atoms with Gasteiger partial charge in [-0.05, 0) is 19.1 Å². The molecular weight excluding hydrogens is 319 g/mol. The molecule has 6 heteroatoms. The third kappa shape index (κ3) is 2.97. The Bertz CT molecular complexity index is 423. The van der Waals surface area contributed by atoms with Gasteiger partial charge in [0.25, 0.3) is 5.78 Å². The fraction of sp³-hybridized carbons (Fsp3) is 0.200. The Balaban J connectivity index is 3.14. The Labute approximate surface area is 111 Å². The maximum Gasteiger partial charge on any atom is 0.379 e. The molecule has 0 aliphatic carbocycles. The molecule has 0 amide bonds. The zero-order chi connectivity index (χ0) is 12.3. The summed E-state index contributed by atoms with van der Waals surface area (Å²) in [5.74, 6) is -1.81. The highest BCUT2D eigenvalue weighted by Crippen LogP contribution is 2.29. The van der Waals surface area contributed by atoms with Crippen LogP contribution < -0.4 is 0 Å². The molecule has 0 spiro atoms. The summed E-state index contributed by atoms with van der Waals surface area (Å²) in [6.07, 6.45) is 0. The summed E-state index contributed by atoms with van der Waals surface area (Å²) in [4.78, 5) is 22.9. The number of Topliss-reactive ketones (excluding diaryl/α,β-unsaturated/α-hetero) is 1. The first-order valence-corrected chi connectivity index (χ1v) is 5.88. The molecule has 16 heavy (non-hydrogen) atoms. The van der Waals surface area contributed by atoms with Crippen molar-refractivity contribution in [1.82, 2.24) is 0 Å². The van der Waals surface area contributed by atoms with Crippen LogP contribution in [-0.4, -0.2) is 18.4 Å². The molecule has 0 bridgehead atoms. The van der Waals surface area contributed by atoms with Gasteiger partial charge in [0.15, 0.2) is 0 Å². The molecule has 1 aromatic rings. The molecule has 0 aliphatic heterocycles. The standard InChI is InChI=1S/C10H7BrCl2O3/c1-2-16-10(15)9(14)8-6(12)3-5(11)4-7(8)13/h3-4H,2H2,1H3. The van der Waals surface area contributed by atoms with Crippen LogP contribution in [0.2, 0.25) is 10.0 Å². The third-order valence-corrected chi connectivity index (χ3v) is 2.75. The summed E-state index contributed by atoms with van der Waals surface area (Å²) in [6.45, 7) is 1.73. The molecule has 0 fully saturated rings. The zero-order valence-electron chi connectivity index (χ0n) is 8.22. The number of ketones is 1. The van der Waals surface area contributed by atoms with Crippen LogP contribution in [0.25, 0.3) is 0 Å². The molecule has 1 rings (SSSR count). The van der Waals surface area contributed by atoms with Crippen LogP contribution >= 0.6 is 39.1 Å². The van der Waals surface area contributed by atoms with Crippen molar-refractivity contribution in [2.75, 3.05) is 6.61 Å². The van der Waals surface area contributed by atoms with Crippen molar-refractivity contribution < 1.29 is 14.3 Å². The van der Waals surface area contributed by atoms with Gasteiger partial charge in [0.05, 0.1) is 22.2 Å². The van der Waals surface area contributed by atoms with Crippen molar-refractivity contribution >= 4 is 50.9 Å². The van der Waals surface area contributed by atoms with E-state index < -0.39 is 11.8 Å². The predicted octanol–water partition coefficient (Wildman–Crippen LogP) is 3.50. The van der Waals surface area contributed by atoms with E-state index in [9.17, 15) is 9.59 Å². The maximum atomic E-state index is 11.6. The minimum Gasteiger partial charge on any atom is -0.460 e. The summed E-state index contributed by atoms with van der Waals surface area (Å²) < 4.78 is 5.21. The van der Waals surface area contributed by atoms with Gasteiger partial charge in [-0.15, -0.1) is 0 Å². The second-order valence-electron chi connectivity index (χ2n) is 2.79. The van der Waals surface area contributed by atoms with Gasteiger partial charge in [-0.2, -0.15) is 0 Å². The molecule has 0 unspecified atom stereocenters. The number of ether oxygens (including phenoxy) is 1. The lowest BCUT2D eigenvalue weighted by Gasteiger charge is -2.06. The van der Waals surface area contributed by atoms with Crippen LogP contribution in [0, 0.1) is 0 Å². The van der Waals surface area contributed by atoms with E-state index >= 15 is 0 Å². The van der Waals surface area contributed by atoms with Crippen LogP contribution in [-0.2, 0) is 9.53 Å². The largest absolute Gasteiger partial charge is 0.460 e. The van der Waals surface area contributed by atoms with Gasteiger partial charge in [0.2, 0.25) is 0 Å². The number of hydrogen-bond acceptors (Lipinski definition) is 3. The van der Waals surface area contributed by atoms with Crippen molar-refractivity contribution in [3.05, 3.63) is 32.2 Å². The van der Waals surface area contributed by atoms with Crippen molar-refractivity contribution in [3.63, 3.8) is 0 Å². The highest BCUT2D eigenvalue weighted by molar-refractivity contribution is 9.10.